The van der Waals surface area contributed by atoms with Crippen LogP contribution in [0.5, 0.6) is 0 Å². The number of nitrogens with one attached hydrogen (secondary N) is 2. The second kappa shape index (κ2) is 9.98. The topological polar surface area (TPSA) is 58.2 Å². The van der Waals surface area contributed by atoms with Gasteiger partial charge in [-0.2, -0.15) is 0 Å². The van der Waals surface area contributed by atoms with Gasteiger partial charge in [0, 0.05) is 28.3 Å². The van der Waals surface area contributed by atoms with Gasteiger partial charge in [0.15, 0.2) is 0 Å². The molecule has 0 aromatic heterocycles. The van der Waals surface area contributed by atoms with E-state index in [1.807, 2.05) is 0 Å². The molecule has 0 bridgehead atoms. The van der Waals surface area contributed by atoms with Gasteiger partial charge in [0.1, 0.15) is 21.8 Å². The maximum absolute atomic E-state index is 13.9. The summed E-state index contributed by atoms with van der Waals surface area (Å²) in [6.07, 6.45) is 0. The van der Waals surface area contributed by atoms with Crippen LogP contribution in [-0.4, -0.2) is 16.1 Å². The van der Waals surface area contributed by atoms with Crippen molar-refractivity contribution in [2.24, 2.45) is 5.92 Å². The molecule has 2 unspecified atom stereocenters. The van der Waals surface area contributed by atoms with Crippen molar-refractivity contribution in [2.75, 3.05) is 10.6 Å². The molecule has 3 aromatic carbocycles. The maximum Gasteiger partial charge on any atom is 0.257 e. The van der Waals surface area contributed by atoms with Gasteiger partial charge in [0.25, 0.3) is 5.91 Å². The van der Waals surface area contributed by atoms with Crippen LogP contribution in [0.1, 0.15) is 27.4 Å². The molecule has 0 aliphatic heterocycles. The smallest absolute Gasteiger partial charge is 0.257 e. The van der Waals surface area contributed by atoms with Crippen molar-refractivity contribution >= 4 is 75.4 Å². The third kappa shape index (κ3) is 5.34. The van der Waals surface area contributed by atoms with E-state index in [1.54, 1.807) is 0 Å². The molecule has 1 aliphatic rings. The summed E-state index contributed by atoms with van der Waals surface area (Å²) >= 11 is 24.9. The summed E-state index contributed by atoms with van der Waals surface area (Å²) in [6.45, 7) is 3.25. The average molecular weight is 574 g/mol. The van der Waals surface area contributed by atoms with Crippen molar-refractivity contribution in [2.45, 2.75) is 10.3 Å². The molecule has 0 radical (unpaired) electrons. The maximum atomic E-state index is 13.9. The van der Waals surface area contributed by atoms with Crippen molar-refractivity contribution in [3.05, 3.63) is 99.5 Å². The summed E-state index contributed by atoms with van der Waals surface area (Å²) in [5.74, 6) is -5.43. The summed E-state index contributed by atoms with van der Waals surface area (Å²) in [4.78, 5) is 25.6. The number of carbonyl (C=O) groups excluding carboxylic acids is 2. The lowest BCUT2D eigenvalue weighted by Gasteiger charge is -2.11. The Balaban J connectivity index is 1.53. The van der Waals surface area contributed by atoms with Crippen LogP contribution < -0.4 is 10.6 Å². The van der Waals surface area contributed by atoms with Crippen LogP contribution in [0.4, 0.5) is 24.5 Å². The molecule has 186 valence electrons. The lowest BCUT2D eigenvalue weighted by atomic mass is 10.0. The molecule has 3 aromatic rings. The predicted octanol–water partition coefficient (Wildman–Crippen LogP) is 7.99. The van der Waals surface area contributed by atoms with Crippen molar-refractivity contribution in [1.82, 2.24) is 0 Å². The highest BCUT2D eigenvalue weighted by Crippen LogP contribution is 2.65. The number of alkyl halides is 2. The molecule has 4 nitrogen and oxygen atoms in total. The molecule has 1 aliphatic carbocycles. The van der Waals surface area contributed by atoms with Crippen LogP contribution in [0.15, 0.2) is 61.2 Å². The lowest BCUT2D eigenvalue weighted by molar-refractivity contribution is -0.117. The van der Waals surface area contributed by atoms with E-state index in [2.05, 4.69) is 17.2 Å². The number of amides is 2. The van der Waals surface area contributed by atoms with Crippen LogP contribution in [-0.2, 0) is 4.79 Å². The van der Waals surface area contributed by atoms with Gasteiger partial charge >= 0.3 is 0 Å². The van der Waals surface area contributed by atoms with Crippen molar-refractivity contribution < 1.29 is 22.8 Å². The van der Waals surface area contributed by atoms with E-state index in [0.717, 1.165) is 12.1 Å². The average Bonchev–Trinajstić information content (AvgIpc) is 3.38. The van der Waals surface area contributed by atoms with Gasteiger partial charge in [-0.05, 0) is 54.1 Å². The van der Waals surface area contributed by atoms with Crippen molar-refractivity contribution in [3.8, 4) is 0 Å². The number of halogens is 7. The molecule has 1 saturated carbocycles. The monoisotopic (exact) mass is 572 g/mol. The number of anilines is 2. The highest BCUT2D eigenvalue weighted by Gasteiger charge is 2.67. The Kier molecular flexibility index (Phi) is 7.30. The van der Waals surface area contributed by atoms with E-state index in [9.17, 15) is 22.8 Å². The van der Waals surface area contributed by atoms with Gasteiger partial charge in [-0.1, -0.05) is 29.8 Å². The largest absolute Gasteiger partial charge is 0.326 e. The minimum absolute atomic E-state index is 0.0271. The molecule has 1 fully saturated rings. The number of hydrogen-bond donors (Lipinski definition) is 2. The van der Waals surface area contributed by atoms with Crippen LogP contribution in [0.2, 0.25) is 10.0 Å². The van der Waals surface area contributed by atoms with Gasteiger partial charge in [-0.15, -0.1) is 23.2 Å². The minimum atomic E-state index is -1.49. The quantitative estimate of drug-likeness (QED) is 0.294. The van der Waals surface area contributed by atoms with E-state index in [1.165, 1.54) is 36.4 Å². The Morgan fingerprint density at radius 3 is 2.33 bits per heavy atom. The Hall–Kier alpha value is -2.71. The molecule has 11 heteroatoms. The van der Waals surface area contributed by atoms with Gasteiger partial charge in [-0.3, -0.25) is 9.59 Å². The van der Waals surface area contributed by atoms with Crippen LogP contribution in [0.25, 0.3) is 5.83 Å². The van der Waals surface area contributed by atoms with E-state index in [0.29, 0.717) is 11.6 Å². The Labute approximate surface area is 224 Å². The molecule has 2 N–H and O–H groups in total. The highest BCUT2D eigenvalue weighted by atomic mass is 35.5. The summed E-state index contributed by atoms with van der Waals surface area (Å²) in [5.41, 5.74) is 0.457. The zero-order chi connectivity index (χ0) is 26.4. The first-order chi connectivity index (χ1) is 16.9. The fourth-order valence-electron chi connectivity index (χ4n) is 3.79. The fourth-order valence-corrected chi connectivity index (χ4v) is 5.07. The summed E-state index contributed by atoms with van der Waals surface area (Å²) < 4.78 is 39.2. The van der Waals surface area contributed by atoms with Crippen LogP contribution in [0, 0.1) is 17.6 Å². The van der Waals surface area contributed by atoms with Crippen LogP contribution >= 0.6 is 46.4 Å². The zero-order valence-electron chi connectivity index (χ0n) is 18.0. The standard InChI is InChI=1S/C25H15Cl4F3N2O2/c1-11(30)12-6-13(8-14(26)7-12)21-22(25(21,28)29)24(36)33-16-3-4-18(27)17(10-16)23(35)34-20-5-2-15(31)9-19(20)32/h2-10,21-22H,1H2,(H,33,36)(H,34,35). The number of benzene rings is 3. The highest BCUT2D eigenvalue weighted by molar-refractivity contribution is 6.53. The molecule has 2 atom stereocenters. The first-order valence-electron chi connectivity index (χ1n) is 10.3. The van der Waals surface area contributed by atoms with Gasteiger partial charge < -0.3 is 10.6 Å². The SMILES string of the molecule is C=C(F)c1cc(Cl)cc(C2C(C(=O)Nc3ccc(Cl)c(C(=O)Nc4ccc(F)cc4F)c3)C2(Cl)Cl)c1. The minimum Gasteiger partial charge on any atom is -0.326 e. The van der Waals surface area contributed by atoms with Gasteiger partial charge in [0.2, 0.25) is 5.91 Å². The normalized spacial score (nSPS) is 17.9. The molecule has 36 heavy (non-hydrogen) atoms. The molecule has 4 rings (SSSR count). The fraction of sp³-hybridized carbons (Fsp3) is 0.120. The number of rotatable bonds is 6. The first kappa shape index (κ1) is 26.4. The molecular weight excluding hydrogens is 559 g/mol. The summed E-state index contributed by atoms with van der Waals surface area (Å²) in [6, 6.07) is 11.1. The zero-order valence-corrected chi connectivity index (χ0v) is 21.0. The predicted molar refractivity (Wildman–Crippen MR) is 137 cm³/mol. The number of hydrogen-bond acceptors (Lipinski definition) is 2. The third-order valence-electron chi connectivity index (χ3n) is 5.59. The second-order valence-electron chi connectivity index (χ2n) is 8.07. The Morgan fingerprint density at radius 1 is 0.944 bits per heavy atom. The van der Waals surface area contributed by atoms with E-state index in [4.69, 9.17) is 46.4 Å². The van der Waals surface area contributed by atoms with Crippen molar-refractivity contribution in [3.63, 3.8) is 0 Å². The third-order valence-corrected chi connectivity index (χ3v) is 7.07. The van der Waals surface area contributed by atoms with Crippen molar-refractivity contribution in [1.29, 1.82) is 0 Å². The van der Waals surface area contributed by atoms with Gasteiger partial charge in [-0.25, -0.2) is 13.2 Å². The summed E-state index contributed by atoms with van der Waals surface area (Å²) in [7, 11) is 0. The van der Waals surface area contributed by atoms with E-state index >= 15 is 0 Å². The number of carbonyl (C=O) groups is 2. The Morgan fingerprint density at radius 2 is 1.67 bits per heavy atom. The molecular formula is C25H15Cl4F3N2O2. The van der Waals surface area contributed by atoms with Gasteiger partial charge in [0.05, 0.1) is 22.2 Å². The molecule has 0 saturated heterocycles. The van der Waals surface area contributed by atoms with Crippen LogP contribution in [0.3, 0.4) is 0 Å². The second-order valence-corrected chi connectivity index (χ2v) is 10.4. The molecule has 0 spiro atoms. The lowest BCUT2D eigenvalue weighted by Crippen LogP contribution is -2.18. The molecule has 2 amide bonds. The van der Waals surface area contributed by atoms with E-state index in [-0.39, 0.29) is 32.5 Å². The first-order valence-corrected chi connectivity index (χ1v) is 11.8. The van der Waals surface area contributed by atoms with E-state index < -0.39 is 45.4 Å². The molecule has 0 heterocycles. The summed E-state index contributed by atoms with van der Waals surface area (Å²) in [5, 5.41) is 5.17. The Bertz CT molecular complexity index is 1410.